The Hall–Kier alpha value is -1.86. The van der Waals surface area contributed by atoms with Crippen LogP contribution in [0, 0.1) is 0 Å². The third-order valence-electron chi connectivity index (χ3n) is 4.76. The van der Waals surface area contributed by atoms with E-state index in [1.165, 1.54) is 24.1 Å². The van der Waals surface area contributed by atoms with Crippen LogP contribution >= 0.6 is 0 Å². The number of allylic oxidation sites excluding steroid dienone is 2. The number of hydrogen-bond acceptors (Lipinski definition) is 1. The maximum Gasteiger partial charge on any atom is 0.0240 e. The van der Waals surface area contributed by atoms with Crippen LogP contribution in [0.5, 0.6) is 0 Å². The van der Waals surface area contributed by atoms with Crippen molar-refractivity contribution in [3.8, 4) is 0 Å². The monoisotopic (exact) mass is 275 g/mol. The highest BCUT2D eigenvalue weighted by molar-refractivity contribution is 5.44. The Morgan fingerprint density at radius 1 is 0.952 bits per heavy atom. The highest BCUT2D eigenvalue weighted by atomic mass is 15.1. The van der Waals surface area contributed by atoms with Crippen molar-refractivity contribution < 1.29 is 0 Å². The summed E-state index contributed by atoms with van der Waals surface area (Å²) in [5, 5.41) is 0. The van der Waals surface area contributed by atoms with Gasteiger partial charge in [-0.15, -0.1) is 0 Å². The zero-order chi connectivity index (χ0) is 14.1. The molecule has 1 atom stereocenters. The quantitative estimate of drug-likeness (QED) is 0.739. The number of nitrogens with zero attached hydrogens (tertiary/aromatic N) is 1. The van der Waals surface area contributed by atoms with Gasteiger partial charge in [-0.3, -0.25) is 4.90 Å². The van der Waals surface area contributed by atoms with Crippen molar-refractivity contribution in [1.29, 1.82) is 0 Å². The smallest absolute Gasteiger partial charge is 0.0240 e. The molecule has 1 aliphatic heterocycles. The summed E-state index contributed by atoms with van der Waals surface area (Å²) in [5.74, 6) is 0.630. The molecule has 0 N–H and O–H groups in total. The first-order valence-corrected chi connectivity index (χ1v) is 7.94. The van der Waals surface area contributed by atoms with Crippen LogP contribution in [0.1, 0.15) is 34.6 Å². The molecular formula is C20H21N. The first-order chi connectivity index (χ1) is 10.4. The molecule has 1 heteroatoms. The summed E-state index contributed by atoms with van der Waals surface area (Å²) in [6.07, 6.45) is 7.13. The van der Waals surface area contributed by atoms with Crippen molar-refractivity contribution in [3.63, 3.8) is 0 Å². The van der Waals surface area contributed by atoms with Crippen LogP contribution < -0.4 is 0 Å². The van der Waals surface area contributed by atoms with Crippen LogP contribution in [0.15, 0.2) is 60.7 Å². The van der Waals surface area contributed by atoms with Gasteiger partial charge >= 0.3 is 0 Å². The van der Waals surface area contributed by atoms with Crippen LogP contribution in [-0.2, 0) is 19.5 Å². The molecule has 1 aliphatic carbocycles. The van der Waals surface area contributed by atoms with Crippen LogP contribution in [0.4, 0.5) is 0 Å². The summed E-state index contributed by atoms with van der Waals surface area (Å²) >= 11 is 0. The van der Waals surface area contributed by atoms with Gasteiger partial charge in [0.2, 0.25) is 0 Å². The standard InChI is InChI=1S/C20H21N/c1-2-6-16(7-3-1)14-21-13-12-18-10-4-8-17-9-5-11-19(15-21)20(17)18/h1-7,9-11,18H,8,12-15H2. The minimum absolute atomic E-state index is 0.630. The van der Waals surface area contributed by atoms with Gasteiger partial charge in [-0.05, 0) is 41.6 Å². The average Bonchev–Trinajstić information content (AvgIpc) is 2.70. The van der Waals surface area contributed by atoms with Crippen LogP contribution in [-0.4, -0.2) is 11.4 Å². The highest BCUT2D eigenvalue weighted by Crippen LogP contribution is 2.35. The van der Waals surface area contributed by atoms with Crippen LogP contribution in [0.3, 0.4) is 0 Å². The second kappa shape index (κ2) is 5.50. The molecule has 2 aromatic carbocycles. The Morgan fingerprint density at radius 2 is 1.81 bits per heavy atom. The maximum atomic E-state index is 2.59. The molecule has 0 amide bonds. The van der Waals surface area contributed by atoms with E-state index in [1.807, 2.05) is 0 Å². The van der Waals surface area contributed by atoms with Gasteiger partial charge in [0.25, 0.3) is 0 Å². The summed E-state index contributed by atoms with van der Waals surface area (Å²) in [7, 11) is 0. The summed E-state index contributed by atoms with van der Waals surface area (Å²) < 4.78 is 0. The predicted molar refractivity (Wildman–Crippen MR) is 87.2 cm³/mol. The number of benzene rings is 2. The molecule has 2 aliphatic rings. The highest BCUT2D eigenvalue weighted by Gasteiger charge is 2.24. The fourth-order valence-corrected chi connectivity index (χ4v) is 3.77. The minimum Gasteiger partial charge on any atom is -0.295 e. The van der Waals surface area contributed by atoms with E-state index < -0.39 is 0 Å². The Labute approximate surface area is 126 Å². The number of rotatable bonds is 2. The molecule has 0 fully saturated rings. The Balaban J connectivity index is 1.63. The second-order valence-corrected chi connectivity index (χ2v) is 6.21. The molecular weight excluding hydrogens is 254 g/mol. The van der Waals surface area contributed by atoms with E-state index in [9.17, 15) is 0 Å². The van der Waals surface area contributed by atoms with Gasteiger partial charge in [0.15, 0.2) is 0 Å². The van der Waals surface area contributed by atoms with Crippen molar-refractivity contribution in [2.75, 3.05) is 6.54 Å². The Bertz CT molecular complexity index is 657. The van der Waals surface area contributed by atoms with Gasteiger partial charge < -0.3 is 0 Å². The summed E-state index contributed by atoms with van der Waals surface area (Å²) in [6, 6.07) is 17.7. The number of hydrogen-bond donors (Lipinski definition) is 0. The van der Waals surface area contributed by atoms with Gasteiger partial charge in [0.1, 0.15) is 0 Å². The van der Waals surface area contributed by atoms with Gasteiger partial charge in [-0.25, -0.2) is 0 Å². The first-order valence-electron chi connectivity index (χ1n) is 7.94. The van der Waals surface area contributed by atoms with Crippen LogP contribution in [0.25, 0.3) is 0 Å². The summed E-state index contributed by atoms with van der Waals surface area (Å²) in [4.78, 5) is 2.59. The molecule has 21 heavy (non-hydrogen) atoms. The SMILES string of the molecule is C1=CC2CCN(Cc3ccccc3)Cc3cccc(c32)C1. The van der Waals surface area contributed by atoms with E-state index in [-0.39, 0.29) is 0 Å². The first kappa shape index (κ1) is 12.8. The Morgan fingerprint density at radius 3 is 2.71 bits per heavy atom. The predicted octanol–water partition coefficient (Wildman–Crippen LogP) is 4.29. The molecule has 0 bridgehead atoms. The third-order valence-corrected chi connectivity index (χ3v) is 4.76. The largest absolute Gasteiger partial charge is 0.295 e. The lowest BCUT2D eigenvalue weighted by Gasteiger charge is -2.21. The van der Waals surface area contributed by atoms with Crippen molar-refractivity contribution in [1.82, 2.24) is 4.90 Å². The van der Waals surface area contributed by atoms with E-state index in [1.54, 1.807) is 11.1 Å². The lowest BCUT2D eigenvalue weighted by atomic mass is 9.83. The minimum atomic E-state index is 0.630. The van der Waals surface area contributed by atoms with Crippen molar-refractivity contribution in [2.45, 2.75) is 31.8 Å². The molecule has 106 valence electrons. The van der Waals surface area contributed by atoms with Crippen molar-refractivity contribution in [3.05, 3.63) is 82.9 Å². The zero-order valence-electron chi connectivity index (χ0n) is 12.3. The van der Waals surface area contributed by atoms with Gasteiger partial charge in [-0.1, -0.05) is 60.7 Å². The normalized spacial score (nSPS) is 20.9. The molecule has 0 radical (unpaired) electrons. The fourth-order valence-electron chi connectivity index (χ4n) is 3.77. The van der Waals surface area contributed by atoms with E-state index >= 15 is 0 Å². The maximum absolute atomic E-state index is 2.59. The van der Waals surface area contributed by atoms with Gasteiger partial charge in [-0.2, -0.15) is 0 Å². The second-order valence-electron chi connectivity index (χ2n) is 6.21. The van der Waals surface area contributed by atoms with Crippen molar-refractivity contribution in [2.24, 2.45) is 0 Å². The van der Waals surface area contributed by atoms with Gasteiger partial charge in [0.05, 0.1) is 0 Å². The van der Waals surface area contributed by atoms with E-state index in [2.05, 4.69) is 65.6 Å². The average molecular weight is 275 g/mol. The lowest BCUT2D eigenvalue weighted by Crippen LogP contribution is -2.22. The topological polar surface area (TPSA) is 3.24 Å². The van der Waals surface area contributed by atoms with E-state index in [0.29, 0.717) is 5.92 Å². The molecule has 2 aromatic rings. The van der Waals surface area contributed by atoms with Gasteiger partial charge in [0, 0.05) is 19.0 Å². The Kier molecular flexibility index (Phi) is 3.36. The van der Waals surface area contributed by atoms with Crippen LogP contribution in [0.2, 0.25) is 0 Å². The summed E-state index contributed by atoms with van der Waals surface area (Å²) in [5.41, 5.74) is 6.12. The molecule has 1 heterocycles. The summed E-state index contributed by atoms with van der Waals surface area (Å²) in [6.45, 7) is 3.32. The zero-order valence-corrected chi connectivity index (χ0v) is 12.3. The molecule has 1 unspecified atom stereocenters. The molecule has 0 spiro atoms. The molecule has 0 saturated carbocycles. The van der Waals surface area contributed by atoms with E-state index in [0.717, 1.165) is 19.5 Å². The van der Waals surface area contributed by atoms with Crippen molar-refractivity contribution >= 4 is 0 Å². The lowest BCUT2D eigenvalue weighted by molar-refractivity contribution is 0.259. The molecule has 0 saturated heterocycles. The molecule has 1 nitrogen and oxygen atoms in total. The molecule has 4 rings (SSSR count). The fraction of sp³-hybridized carbons (Fsp3) is 0.300. The van der Waals surface area contributed by atoms with E-state index in [4.69, 9.17) is 0 Å². The third kappa shape index (κ3) is 2.54. The molecule has 0 aromatic heterocycles.